The number of rotatable bonds is 8. The Balaban J connectivity index is 1.74. The molecule has 0 radical (unpaired) electrons. The zero-order chi connectivity index (χ0) is 23.3. The molecule has 1 saturated heterocycles. The molecule has 1 heterocycles. The van der Waals surface area contributed by atoms with E-state index in [1.807, 2.05) is 0 Å². The average molecular weight is 473 g/mol. The number of piperidine rings is 1. The van der Waals surface area contributed by atoms with E-state index < -0.39 is 33.3 Å². The van der Waals surface area contributed by atoms with Crippen LogP contribution in [0.3, 0.4) is 0 Å². The van der Waals surface area contributed by atoms with Crippen molar-refractivity contribution >= 4 is 16.0 Å². The third kappa shape index (κ3) is 5.52. The van der Waals surface area contributed by atoms with E-state index >= 15 is 0 Å². The lowest BCUT2D eigenvalue weighted by atomic mass is 10.2. The zero-order valence-electron chi connectivity index (χ0n) is 17.2. The number of sulfonamides is 1. The monoisotopic (exact) mass is 473 g/mol. The summed E-state index contributed by atoms with van der Waals surface area (Å²) >= 11 is 0. The lowest BCUT2D eigenvalue weighted by Crippen LogP contribution is -2.36. The first-order valence-corrected chi connectivity index (χ1v) is 11.2. The van der Waals surface area contributed by atoms with Crippen LogP contribution in [0.2, 0.25) is 0 Å². The van der Waals surface area contributed by atoms with Crippen LogP contribution in [-0.4, -0.2) is 45.5 Å². The van der Waals surface area contributed by atoms with Crippen LogP contribution in [-0.2, 0) is 21.4 Å². The van der Waals surface area contributed by atoms with Crippen molar-refractivity contribution in [2.45, 2.75) is 37.4 Å². The molecule has 0 atom stereocenters. The van der Waals surface area contributed by atoms with Crippen LogP contribution in [0.5, 0.6) is 11.5 Å². The van der Waals surface area contributed by atoms with Gasteiger partial charge in [0, 0.05) is 13.1 Å². The Morgan fingerprint density at radius 2 is 1.78 bits per heavy atom. The van der Waals surface area contributed by atoms with Crippen molar-refractivity contribution in [2.24, 2.45) is 0 Å². The van der Waals surface area contributed by atoms with Crippen molar-refractivity contribution in [3.63, 3.8) is 0 Å². The van der Waals surface area contributed by atoms with Crippen molar-refractivity contribution in [1.82, 2.24) is 4.31 Å². The van der Waals surface area contributed by atoms with Gasteiger partial charge in [0.2, 0.25) is 10.0 Å². The molecule has 1 aliphatic rings. The fraction of sp³-hybridized carbons (Fsp3) is 0.381. The molecule has 0 aromatic heterocycles. The van der Waals surface area contributed by atoms with Gasteiger partial charge in [-0.15, -0.1) is 0 Å². The second-order valence-corrected chi connectivity index (χ2v) is 8.96. The number of nitrogens with zero attached hydrogens (tertiary/aromatic N) is 1. The molecule has 3 rings (SSSR count). The summed E-state index contributed by atoms with van der Waals surface area (Å²) in [6.45, 7) is -2.69. The van der Waals surface area contributed by atoms with Crippen LogP contribution in [0.25, 0.3) is 0 Å². The third-order valence-electron chi connectivity index (χ3n) is 4.91. The summed E-state index contributed by atoms with van der Waals surface area (Å²) in [5.74, 6) is -1.97. The molecule has 0 spiro atoms. The van der Waals surface area contributed by atoms with E-state index in [4.69, 9.17) is 9.47 Å². The van der Waals surface area contributed by atoms with Gasteiger partial charge in [-0.2, -0.15) is 13.1 Å². The first-order chi connectivity index (χ1) is 15.2. The smallest absolute Gasteiger partial charge is 0.387 e. The Bertz CT molecular complexity index is 1070. The number of carbonyl (C=O) groups is 1. The quantitative estimate of drug-likeness (QED) is 0.540. The number of halogens is 3. The average Bonchev–Trinajstić information content (AvgIpc) is 2.78. The van der Waals surface area contributed by atoms with Crippen molar-refractivity contribution < 1.29 is 40.6 Å². The van der Waals surface area contributed by atoms with E-state index in [2.05, 4.69) is 4.74 Å². The minimum Gasteiger partial charge on any atom is -0.493 e. The maximum absolute atomic E-state index is 14.3. The summed E-state index contributed by atoms with van der Waals surface area (Å²) in [4.78, 5) is 11.9. The van der Waals surface area contributed by atoms with Crippen molar-refractivity contribution in [3.05, 3.63) is 53.3 Å². The van der Waals surface area contributed by atoms with Crippen LogP contribution in [0.4, 0.5) is 13.2 Å². The Kier molecular flexibility index (Phi) is 7.62. The molecule has 1 fully saturated rings. The fourth-order valence-electron chi connectivity index (χ4n) is 3.30. The number of esters is 1. The van der Waals surface area contributed by atoms with Gasteiger partial charge < -0.3 is 14.2 Å². The predicted octanol–water partition coefficient (Wildman–Crippen LogP) is 3.97. The minimum atomic E-state index is -4.08. The number of hydrogen-bond donors (Lipinski definition) is 0. The standard InChI is InChI=1S/C21H22F3NO6S/c1-29-18-11-14(5-8-17(18)31-21(23)24)13-30-20(26)15-6-7-16(22)19(12-15)32(27,28)25-9-3-2-4-10-25/h5-8,11-12,21H,2-4,9-10,13H2,1H3. The first kappa shape index (κ1) is 23.9. The van der Waals surface area contributed by atoms with E-state index in [1.165, 1.54) is 29.6 Å². The summed E-state index contributed by atoms with van der Waals surface area (Å²) < 4.78 is 80.4. The van der Waals surface area contributed by atoms with Gasteiger partial charge in [0.25, 0.3) is 0 Å². The minimum absolute atomic E-state index is 0.0237. The molecule has 0 amide bonds. The molecule has 32 heavy (non-hydrogen) atoms. The number of alkyl halides is 2. The van der Waals surface area contributed by atoms with Crippen LogP contribution in [0.1, 0.15) is 35.2 Å². The Morgan fingerprint density at radius 3 is 2.44 bits per heavy atom. The van der Waals surface area contributed by atoms with E-state index in [-0.39, 0.29) is 23.7 Å². The molecule has 174 valence electrons. The van der Waals surface area contributed by atoms with Gasteiger partial charge in [-0.3, -0.25) is 0 Å². The molecular formula is C21H22F3NO6S. The first-order valence-electron chi connectivity index (χ1n) is 9.81. The van der Waals surface area contributed by atoms with Crippen LogP contribution >= 0.6 is 0 Å². The Hall–Kier alpha value is -2.79. The molecule has 1 aliphatic heterocycles. The van der Waals surface area contributed by atoms with E-state index in [9.17, 15) is 26.4 Å². The summed E-state index contributed by atoms with van der Waals surface area (Å²) in [5, 5.41) is 0. The highest BCUT2D eigenvalue weighted by Crippen LogP contribution is 2.30. The molecule has 0 N–H and O–H groups in total. The molecule has 11 heteroatoms. The number of ether oxygens (including phenoxy) is 3. The summed E-state index contributed by atoms with van der Waals surface area (Å²) in [5.41, 5.74) is 0.284. The molecule has 0 saturated carbocycles. The van der Waals surface area contributed by atoms with Gasteiger partial charge in [-0.1, -0.05) is 12.5 Å². The van der Waals surface area contributed by atoms with Gasteiger partial charge in [-0.05, 0) is 48.7 Å². The second kappa shape index (κ2) is 10.2. The van der Waals surface area contributed by atoms with Crippen molar-refractivity contribution in [3.8, 4) is 11.5 Å². The topological polar surface area (TPSA) is 82.1 Å². The van der Waals surface area contributed by atoms with Gasteiger partial charge in [-0.25, -0.2) is 17.6 Å². The molecule has 2 aromatic rings. The molecular weight excluding hydrogens is 451 g/mol. The van der Waals surface area contributed by atoms with Crippen molar-refractivity contribution in [2.75, 3.05) is 20.2 Å². The molecule has 0 unspecified atom stereocenters. The van der Waals surface area contributed by atoms with Crippen LogP contribution in [0.15, 0.2) is 41.3 Å². The van der Waals surface area contributed by atoms with E-state index in [0.29, 0.717) is 31.5 Å². The highest BCUT2D eigenvalue weighted by molar-refractivity contribution is 7.89. The Labute approximate surface area is 183 Å². The molecule has 2 aromatic carbocycles. The fourth-order valence-corrected chi connectivity index (χ4v) is 4.91. The summed E-state index contributed by atoms with van der Waals surface area (Å²) in [6.07, 6.45) is 2.28. The number of methoxy groups -OCH3 is 1. The van der Waals surface area contributed by atoms with Gasteiger partial charge >= 0.3 is 12.6 Å². The maximum Gasteiger partial charge on any atom is 0.387 e. The van der Waals surface area contributed by atoms with Crippen LogP contribution in [0, 0.1) is 5.82 Å². The third-order valence-corrected chi connectivity index (χ3v) is 6.83. The SMILES string of the molecule is COc1cc(COC(=O)c2ccc(F)c(S(=O)(=O)N3CCCCC3)c2)ccc1OC(F)F. The highest BCUT2D eigenvalue weighted by Gasteiger charge is 2.29. The Morgan fingerprint density at radius 1 is 1.06 bits per heavy atom. The lowest BCUT2D eigenvalue weighted by Gasteiger charge is -2.26. The van der Waals surface area contributed by atoms with Gasteiger partial charge in [0.1, 0.15) is 17.3 Å². The number of carbonyl (C=O) groups excluding carboxylic acids is 1. The maximum atomic E-state index is 14.3. The molecule has 0 aliphatic carbocycles. The largest absolute Gasteiger partial charge is 0.493 e. The second-order valence-electron chi connectivity index (χ2n) is 7.05. The lowest BCUT2D eigenvalue weighted by molar-refractivity contribution is -0.0512. The highest BCUT2D eigenvalue weighted by atomic mass is 32.2. The normalized spacial score (nSPS) is 14.9. The van der Waals surface area contributed by atoms with Gasteiger partial charge in [0.15, 0.2) is 11.5 Å². The van der Waals surface area contributed by atoms with E-state index in [0.717, 1.165) is 24.6 Å². The molecule has 7 nitrogen and oxygen atoms in total. The number of hydrogen-bond acceptors (Lipinski definition) is 6. The zero-order valence-corrected chi connectivity index (χ0v) is 18.0. The van der Waals surface area contributed by atoms with Crippen LogP contribution < -0.4 is 9.47 Å². The van der Waals surface area contributed by atoms with Crippen molar-refractivity contribution in [1.29, 1.82) is 0 Å². The number of benzene rings is 2. The molecule has 0 bridgehead atoms. The van der Waals surface area contributed by atoms with E-state index in [1.54, 1.807) is 0 Å². The predicted molar refractivity (Wildman–Crippen MR) is 108 cm³/mol. The summed E-state index contributed by atoms with van der Waals surface area (Å²) in [7, 11) is -2.81. The summed E-state index contributed by atoms with van der Waals surface area (Å²) in [6, 6.07) is 7.02. The van der Waals surface area contributed by atoms with Gasteiger partial charge in [0.05, 0.1) is 12.7 Å².